The third-order valence-electron chi connectivity index (χ3n) is 3.32. The highest BCUT2D eigenvalue weighted by Crippen LogP contribution is 2.27. The van der Waals surface area contributed by atoms with Crippen LogP contribution in [0.1, 0.15) is 11.3 Å². The summed E-state index contributed by atoms with van der Waals surface area (Å²) in [6.07, 6.45) is 4.61. The maximum atomic E-state index is 10.9. The molecular weight excluding hydrogens is 344 g/mol. The van der Waals surface area contributed by atoms with Crippen molar-refractivity contribution in [2.24, 2.45) is 0 Å². The second-order valence-corrected chi connectivity index (χ2v) is 5.87. The highest BCUT2D eigenvalue weighted by atomic mass is 79.9. The van der Waals surface area contributed by atoms with Crippen LogP contribution in [0.4, 0.5) is 0 Å². The molecular formula is C17H13BrN2O2. The number of pyridine rings is 1. The summed E-state index contributed by atoms with van der Waals surface area (Å²) >= 11 is 3.41. The van der Waals surface area contributed by atoms with Gasteiger partial charge in [0.2, 0.25) is 0 Å². The molecule has 1 aromatic carbocycles. The fraction of sp³-hybridized carbons (Fsp3) is 0.0588. The van der Waals surface area contributed by atoms with E-state index < -0.39 is 5.97 Å². The van der Waals surface area contributed by atoms with E-state index in [1.165, 1.54) is 0 Å². The number of carboxylic acids is 1. The van der Waals surface area contributed by atoms with Gasteiger partial charge in [-0.05, 0) is 42.8 Å². The van der Waals surface area contributed by atoms with Gasteiger partial charge < -0.3 is 5.11 Å². The zero-order valence-electron chi connectivity index (χ0n) is 11.8. The van der Waals surface area contributed by atoms with Crippen LogP contribution in [0.15, 0.2) is 53.1 Å². The minimum Gasteiger partial charge on any atom is -0.478 e. The Hall–Kier alpha value is -2.40. The average Bonchev–Trinajstić information content (AvgIpc) is 2.83. The number of imidazole rings is 1. The van der Waals surface area contributed by atoms with Crippen molar-refractivity contribution < 1.29 is 9.90 Å². The summed E-state index contributed by atoms with van der Waals surface area (Å²) in [5, 5.41) is 8.90. The number of aryl methyl sites for hydroxylation is 1. The zero-order chi connectivity index (χ0) is 15.7. The third-order valence-corrected chi connectivity index (χ3v) is 3.85. The van der Waals surface area contributed by atoms with Crippen LogP contribution in [0.2, 0.25) is 0 Å². The molecule has 0 unspecified atom stereocenters. The van der Waals surface area contributed by atoms with E-state index in [2.05, 4.69) is 20.9 Å². The number of carbonyl (C=O) groups is 1. The SMILES string of the molecule is Cc1ccn2c(C=CC(=O)O)c(-c3ccc(Br)cc3)nc2c1. The molecule has 0 atom stereocenters. The lowest BCUT2D eigenvalue weighted by Gasteiger charge is -2.01. The molecule has 3 aromatic rings. The Kier molecular flexibility index (Phi) is 3.81. The van der Waals surface area contributed by atoms with Gasteiger partial charge in [0.1, 0.15) is 5.65 Å². The fourth-order valence-corrected chi connectivity index (χ4v) is 2.56. The topological polar surface area (TPSA) is 54.6 Å². The lowest BCUT2D eigenvalue weighted by molar-refractivity contribution is -0.131. The van der Waals surface area contributed by atoms with Crippen molar-refractivity contribution in [2.45, 2.75) is 6.92 Å². The van der Waals surface area contributed by atoms with Crippen molar-refractivity contribution >= 4 is 33.6 Å². The van der Waals surface area contributed by atoms with Crippen LogP contribution in [0.25, 0.3) is 23.0 Å². The normalized spacial score (nSPS) is 11.4. The predicted molar refractivity (Wildman–Crippen MR) is 89.7 cm³/mol. The first-order chi connectivity index (χ1) is 10.5. The van der Waals surface area contributed by atoms with E-state index in [0.29, 0.717) is 0 Å². The lowest BCUT2D eigenvalue weighted by atomic mass is 10.1. The van der Waals surface area contributed by atoms with Gasteiger partial charge in [-0.2, -0.15) is 0 Å². The number of carboxylic acid groups (broad SMARTS) is 1. The number of aliphatic carboxylic acids is 1. The maximum Gasteiger partial charge on any atom is 0.328 e. The van der Waals surface area contributed by atoms with Crippen molar-refractivity contribution in [1.82, 2.24) is 9.38 Å². The van der Waals surface area contributed by atoms with Gasteiger partial charge in [-0.1, -0.05) is 28.1 Å². The van der Waals surface area contributed by atoms with Crippen molar-refractivity contribution in [1.29, 1.82) is 0 Å². The Bertz CT molecular complexity index is 880. The van der Waals surface area contributed by atoms with Gasteiger partial charge in [0.15, 0.2) is 0 Å². The van der Waals surface area contributed by atoms with Crippen LogP contribution in [0.5, 0.6) is 0 Å². The number of halogens is 1. The Morgan fingerprint density at radius 3 is 2.68 bits per heavy atom. The van der Waals surface area contributed by atoms with Crippen molar-refractivity contribution in [3.63, 3.8) is 0 Å². The molecule has 1 N–H and O–H groups in total. The lowest BCUT2D eigenvalue weighted by Crippen LogP contribution is -1.91. The van der Waals surface area contributed by atoms with Crippen molar-refractivity contribution in [2.75, 3.05) is 0 Å². The van der Waals surface area contributed by atoms with E-state index in [-0.39, 0.29) is 0 Å². The number of benzene rings is 1. The molecule has 0 spiro atoms. The van der Waals surface area contributed by atoms with Crippen LogP contribution in [0, 0.1) is 6.92 Å². The van der Waals surface area contributed by atoms with Gasteiger partial charge in [0.05, 0.1) is 11.4 Å². The standard InChI is InChI=1S/C17H13BrN2O2/c1-11-8-9-20-14(6-7-16(21)22)17(19-15(20)10-11)12-2-4-13(18)5-3-12/h2-10H,1H3,(H,21,22). The first-order valence-corrected chi connectivity index (χ1v) is 7.49. The predicted octanol–water partition coefficient (Wildman–Crippen LogP) is 4.17. The minimum atomic E-state index is -0.983. The molecule has 0 aliphatic rings. The van der Waals surface area contributed by atoms with Crippen LogP contribution in [-0.4, -0.2) is 20.5 Å². The summed E-state index contributed by atoms with van der Waals surface area (Å²) < 4.78 is 2.88. The summed E-state index contributed by atoms with van der Waals surface area (Å²) in [5.74, 6) is -0.983. The number of aromatic nitrogens is 2. The quantitative estimate of drug-likeness (QED) is 0.716. The molecule has 2 aromatic heterocycles. The molecule has 3 rings (SSSR count). The molecule has 22 heavy (non-hydrogen) atoms. The molecule has 110 valence electrons. The average molecular weight is 357 g/mol. The van der Waals surface area contributed by atoms with E-state index in [1.807, 2.05) is 53.9 Å². The summed E-state index contributed by atoms with van der Waals surface area (Å²) in [4.78, 5) is 15.5. The monoisotopic (exact) mass is 356 g/mol. The Labute approximate surface area is 135 Å². The molecule has 0 bridgehead atoms. The van der Waals surface area contributed by atoms with Gasteiger partial charge in [-0.3, -0.25) is 4.40 Å². The third kappa shape index (κ3) is 2.80. The summed E-state index contributed by atoms with van der Waals surface area (Å²) in [5.41, 5.74) is 4.35. The molecule has 4 nitrogen and oxygen atoms in total. The van der Waals surface area contributed by atoms with Gasteiger partial charge in [-0.15, -0.1) is 0 Å². The Morgan fingerprint density at radius 1 is 1.27 bits per heavy atom. The first kappa shape index (κ1) is 14.5. The largest absolute Gasteiger partial charge is 0.478 e. The van der Waals surface area contributed by atoms with Crippen LogP contribution >= 0.6 is 15.9 Å². The van der Waals surface area contributed by atoms with E-state index in [9.17, 15) is 4.79 Å². The number of rotatable bonds is 3. The number of nitrogens with zero attached hydrogens (tertiary/aromatic N) is 2. The van der Waals surface area contributed by atoms with Gasteiger partial charge >= 0.3 is 5.97 Å². The van der Waals surface area contributed by atoms with Crippen molar-refractivity contribution in [3.05, 3.63) is 64.4 Å². The molecule has 0 aliphatic heterocycles. The second kappa shape index (κ2) is 5.77. The summed E-state index contributed by atoms with van der Waals surface area (Å²) in [6.45, 7) is 2.00. The Morgan fingerprint density at radius 2 is 2.00 bits per heavy atom. The molecule has 0 amide bonds. The van der Waals surface area contributed by atoms with Gasteiger partial charge in [-0.25, -0.2) is 9.78 Å². The molecule has 0 fully saturated rings. The number of fused-ring (bicyclic) bond motifs is 1. The zero-order valence-corrected chi connectivity index (χ0v) is 13.4. The molecule has 0 saturated carbocycles. The fourth-order valence-electron chi connectivity index (χ4n) is 2.30. The molecule has 2 heterocycles. The molecule has 5 heteroatoms. The van der Waals surface area contributed by atoms with Gasteiger partial charge in [0.25, 0.3) is 0 Å². The van der Waals surface area contributed by atoms with Crippen LogP contribution < -0.4 is 0 Å². The number of hydrogen-bond acceptors (Lipinski definition) is 2. The van der Waals surface area contributed by atoms with Crippen LogP contribution in [0.3, 0.4) is 0 Å². The smallest absolute Gasteiger partial charge is 0.328 e. The first-order valence-electron chi connectivity index (χ1n) is 6.70. The summed E-state index contributed by atoms with van der Waals surface area (Å²) in [6, 6.07) is 11.7. The van der Waals surface area contributed by atoms with E-state index in [1.54, 1.807) is 6.08 Å². The second-order valence-electron chi connectivity index (χ2n) is 4.96. The maximum absolute atomic E-state index is 10.9. The van der Waals surface area contributed by atoms with E-state index in [4.69, 9.17) is 5.11 Å². The van der Waals surface area contributed by atoms with Gasteiger partial charge in [0, 0.05) is 22.3 Å². The summed E-state index contributed by atoms with van der Waals surface area (Å²) in [7, 11) is 0. The van der Waals surface area contributed by atoms with E-state index in [0.717, 1.165) is 38.7 Å². The molecule has 0 aliphatic carbocycles. The minimum absolute atomic E-state index is 0.750. The van der Waals surface area contributed by atoms with Crippen LogP contribution in [-0.2, 0) is 4.79 Å². The molecule has 0 saturated heterocycles. The Balaban J connectivity index is 2.25. The number of hydrogen-bond donors (Lipinski definition) is 1. The van der Waals surface area contributed by atoms with E-state index >= 15 is 0 Å². The highest BCUT2D eigenvalue weighted by Gasteiger charge is 2.12. The highest BCUT2D eigenvalue weighted by molar-refractivity contribution is 9.10. The van der Waals surface area contributed by atoms with Crippen molar-refractivity contribution in [3.8, 4) is 11.3 Å². The molecule has 0 radical (unpaired) electrons.